The van der Waals surface area contributed by atoms with Crippen LogP contribution in [0.1, 0.15) is 38.8 Å². The second-order valence-corrected chi connectivity index (χ2v) is 7.13. The molecule has 0 bridgehead atoms. The summed E-state index contributed by atoms with van der Waals surface area (Å²) < 4.78 is 11.4. The Morgan fingerprint density at radius 3 is 2.07 bits per heavy atom. The number of ether oxygens (including phenoxy) is 1. The summed E-state index contributed by atoms with van der Waals surface area (Å²) in [5.41, 5.74) is 2.21. The van der Waals surface area contributed by atoms with Crippen molar-refractivity contribution in [2.24, 2.45) is 0 Å². The fourth-order valence-corrected chi connectivity index (χ4v) is 3.20. The Kier molecular flexibility index (Phi) is 4.81. The van der Waals surface area contributed by atoms with Gasteiger partial charge in [-0.3, -0.25) is 4.79 Å². The Hall–Kier alpha value is -3.41. The average Bonchev–Trinajstić information content (AvgIpc) is 2.58. The number of hydrogen-bond donors (Lipinski definition) is 3. The number of fused-ring (bicyclic) bond motifs is 2. The van der Waals surface area contributed by atoms with Crippen LogP contribution in [0.5, 0.6) is 23.0 Å². The molecule has 0 saturated carbocycles. The molecular formula is C22H22O6. The topological polar surface area (TPSA) is 100 Å². The first-order chi connectivity index (χ1) is 13.1. The molecule has 3 N–H and O–H groups in total. The van der Waals surface area contributed by atoms with Crippen LogP contribution in [0.25, 0.3) is 34.1 Å². The Labute approximate surface area is 161 Å². The van der Waals surface area contributed by atoms with E-state index in [1.165, 1.54) is 13.2 Å². The van der Waals surface area contributed by atoms with Crippen molar-refractivity contribution in [3.63, 3.8) is 0 Å². The highest BCUT2D eigenvalue weighted by molar-refractivity contribution is 6.01. The molecule has 0 aliphatic heterocycles. The van der Waals surface area contributed by atoms with Crippen molar-refractivity contribution in [3.05, 3.63) is 44.6 Å². The molecule has 3 rings (SSSR count). The van der Waals surface area contributed by atoms with Crippen molar-refractivity contribution in [2.45, 2.75) is 27.7 Å². The van der Waals surface area contributed by atoms with Crippen molar-refractivity contribution in [2.75, 3.05) is 7.11 Å². The SMILES string of the molecule is COc1c(O)cc2c(=O)c3c(O)cc(O)c(C=C(C)C)c3oc2c1C=C(C)C. The lowest BCUT2D eigenvalue weighted by Crippen LogP contribution is -2.05. The van der Waals surface area contributed by atoms with Gasteiger partial charge in [0.15, 0.2) is 17.1 Å². The van der Waals surface area contributed by atoms with Gasteiger partial charge in [-0.2, -0.15) is 0 Å². The Morgan fingerprint density at radius 2 is 1.50 bits per heavy atom. The number of rotatable bonds is 3. The van der Waals surface area contributed by atoms with Crippen LogP contribution in [0.4, 0.5) is 0 Å². The molecule has 3 aromatic rings. The van der Waals surface area contributed by atoms with Crippen LogP contribution < -0.4 is 10.2 Å². The zero-order valence-electron chi connectivity index (χ0n) is 16.4. The highest BCUT2D eigenvalue weighted by atomic mass is 16.5. The first-order valence-electron chi connectivity index (χ1n) is 8.70. The zero-order chi connectivity index (χ0) is 20.7. The predicted molar refractivity (Wildman–Crippen MR) is 110 cm³/mol. The summed E-state index contributed by atoms with van der Waals surface area (Å²) in [7, 11) is 1.41. The van der Waals surface area contributed by atoms with Gasteiger partial charge in [-0.25, -0.2) is 0 Å². The summed E-state index contributed by atoms with van der Waals surface area (Å²) >= 11 is 0. The van der Waals surface area contributed by atoms with E-state index in [1.807, 2.05) is 27.7 Å². The molecule has 0 radical (unpaired) electrons. The van der Waals surface area contributed by atoms with E-state index in [0.29, 0.717) is 11.1 Å². The molecule has 0 atom stereocenters. The molecule has 0 spiro atoms. The molecule has 0 fully saturated rings. The van der Waals surface area contributed by atoms with E-state index in [4.69, 9.17) is 9.15 Å². The van der Waals surface area contributed by atoms with Crippen molar-refractivity contribution in [1.29, 1.82) is 0 Å². The summed E-state index contributed by atoms with van der Waals surface area (Å²) in [5.74, 6) is -0.641. The lowest BCUT2D eigenvalue weighted by atomic mass is 10.0. The minimum absolute atomic E-state index is 0.0624. The van der Waals surface area contributed by atoms with Crippen molar-refractivity contribution in [3.8, 4) is 23.0 Å². The molecule has 0 aliphatic carbocycles. The number of benzene rings is 2. The minimum atomic E-state index is -0.515. The first kappa shape index (κ1) is 19.4. The van der Waals surface area contributed by atoms with Crippen molar-refractivity contribution >= 4 is 34.1 Å². The fourth-order valence-electron chi connectivity index (χ4n) is 3.20. The smallest absolute Gasteiger partial charge is 0.204 e. The number of hydrogen-bond acceptors (Lipinski definition) is 6. The standard InChI is InChI=1S/C22H22O6/c1-10(2)6-12-15(23)9-16(24)18-19(26)13-8-17(25)21(27-5)14(7-11(3)4)20(13)28-22(12)18/h6-9,23-25H,1-5H3. The maximum absolute atomic E-state index is 13.2. The van der Waals surface area contributed by atoms with Crippen LogP contribution in [0.3, 0.4) is 0 Å². The Morgan fingerprint density at radius 1 is 0.893 bits per heavy atom. The normalized spacial score (nSPS) is 10.9. The van der Waals surface area contributed by atoms with Crippen LogP contribution >= 0.6 is 0 Å². The van der Waals surface area contributed by atoms with E-state index in [1.54, 1.807) is 12.2 Å². The third-order valence-corrected chi connectivity index (χ3v) is 4.27. The molecular weight excluding hydrogens is 360 g/mol. The van der Waals surface area contributed by atoms with E-state index < -0.39 is 11.2 Å². The van der Waals surface area contributed by atoms with Crippen molar-refractivity contribution in [1.82, 2.24) is 0 Å². The maximum atomic E-state index is 13.2. The molecule has 0 unspecified atom stereocenters. The molecule has 0 aliphatic rings. The van der Waals surface area contributed by atoms with Gasteiger partial charge in [-0.15, -0.1) is 0 Å². The quantitative estimate of drug-likeness (QED) is 0.556. The van der Waals surface area contributed by atoms with E-state index in [0.717, 1.165) is 17.2 Å². The van der Waals surface area contributed by atoms with E-state index in [9.17, 15) is 20.1 Å². The maximum Gasteiger partial charge on any atom is 0.204 e. The fraction of sp³-hybridized carbons (Fsp3) is 0.227. The van der Waals surface area contributed by atoms with Gasteiger partial charge < -0.3 is 24.5 Å². The Balaban J connectivity index is 2.67. The number of allylic oxidation sites excluding steroid dienone is 2. The average molecular weight is 382 g/mol. The lowest BCUT2D eigenvalue weighted by molar-refractivity contribution is 0.373. The van der Waals surface area contributed by atoms with Crippen LogP contribution in [-0.2, 0) is 0 Å². The number of aromatic hydroxyl groups is 3. The second-order valence-electron chi connectivity index (χ2n) is 7.13. The molecule has 1 heterocycles. The molecule has 0 saturated heterocycles. The highest BCUT2D eigenvalue weighted by Gasteiger charge is 2.22. The van der Waals surface area contributed by atoms with Crippen LogP contribution in [0.2, 0.25) is 0 Å². The van der Waals surface area contributed by atoms with Gasteiger partial charge in [0.25, 0.3) is 0 Å². The van der Waals surface area contributed by atoms with Gasteiger partial charge in [-0.05, 0) is 45.9 Å². The number of phenols is 3. The molecule has 6 heteroatoms. The molecule has 0 amide bonds. The third-order valence-electron chi connectivity index (χ3n) is 4.27. The molecule has 6 nitrogen and oxygen atoms in total. The summed E-state index contributed by atoms with van der Waals surface area (Å²) in [4.78, 5) is 13.2. The molecule has 28 heavy (non-hydrogen) atoms. The summed E-state index contributed by atoms with van der Waals surface area (Å²) in [5, 5.41) is 31.0. The van der Waals surface area contributed by atoms with Crippen LogP contribution in [0, 0.1) is 0 Å². The molecule has 2 aromatic carbocycles. The largest absolute Gasteiger partial charge is 0.507 e. The van der Waals surface area contributed by atoms with Gasteiger partial charge in [0.2, 0.25) is 5.43 Å². The first-order valence-corrected chi connectivity index (χ1v) is 8.70. The van der Waals surface area contributed by atoms with Crippen LogP contribution in [0.15, 0.2) is 32.5 Å². The van der Waals surface area contributed by atoms with E-state index in [-0.39, 0.29) is 39.2 Å². The number of phenolic OH excluding ortho intramolecular Hbond substituents is 3. The van der Waals surface area contributed by atoms with Gasteiger partial charge in [0.1, 0.15) is 22.5 Å². The number of methoxy groups -OCH3 is 1. The molecule has 1 aromatic heterocycles. The highest BCUT2D eigenvalue weighted by Crippen LogP contribution is 2.41. The lowest BCUT2D eigenvalue weighted by Gasteiger charge is -2.13. The third kappa shape index (κ3) is 3.07. The van der Waals surface area contributed by atoms with Crippen LogP contribution in [-0.4, -0.2) is 22.4 Å². The van der Waals surface area contributed by atoms with Gasteiger partial charge in [0, 0.05) is 6.07 Å². The monoisotopic (exact) mass is 382 g/mol. The summed E-state index contributed by atoms with van der Waals surface area (Å²) in [6.07, 6.45) is 3.41. The van der Waals surface area contributed by atoms with Crippen molar-refractivity contribution < 1.29 is 24.5 Å². The predicted octanol–water partition coefficient (Wildman–Crippen LogP) is 4.92. The van der Waals surface area contributed by atoms with Gasteiger partial charge in [0.05, 0.1) is 23.6 Å². The molecule has 146 valence electrons. The minimum Gasteiger partial charge on any atom is -0.507 e. The second kappa shape index (κ2) is 6.96. The Bertz CT molecular complexity index is 1220. The summed E-state index contributed by atoms with van der Waals surface area (Å²) in [6.45, 7) is 7.40. The summed E-state index contributed by atoms with van der Waals surface area (Å²) in [6, 6.07) is 2.37. The van der Waals surface area contributed by atoms with E-state index in [2.05, 4.69) is 0 Å². The zero-order valence-corrected chi connectivity index (χ0v) is 16.4. The van der Waals surface area contributed by atoms with Gasteiger partial charge in [-0.1, -0.05) is 11.1 Å². The van der Waals surface area contributed by atoms with E-state index >= 15 is 0 Å². The van der Waals surface area contributed by atoms with Gasteiger partial charge >= 0.3 is 0 Å².